The first kappa shape index (κ1) is 12.8. The Morgan fingerprint density at radius 3 is 2.72 bits per heavy atom. The van der Waals surface area contributed by atoms with Gasteiger partial charge in [0.1, 0.15) is 11.9 Å². The molecule has 1 aliphatic rings. The smallest absolute Gasteiger partial charge is 0.311 e. The number of hydrogen-bond acceptors (Lipinski definition) is 4. The summed E-state index contributed by atoms with van der Waals surface area (Å²) in [4.78, 5) is 10.2. The second-order valence-electron chi connectivity index (χ2n) is 5.14. The van der Waals surface area contributed by atoms with Gasteiger partial charge in [0.15, 0.2) is 5.75 Å². The summed E-state index contributed by atoms with van der Waals surface area (Å²) in [6.07, 6.45) is 0.383. The van der Waals surface area contributed by atoms with E-state index < -0.39 is 10.7 Å². The van der Waals surface area contributed by atoms with Gasteiger partial charge in [0, 0.05) is 30.0 Å². The molecule has 2 rings (SSSR count). The Hall–Kier alpha value is -1.69. The van der Waals surface area contributed by atoms with Crippen LogP contribution in [0.25, 0.3) is 0 Å². The summed E-state index contributed by atoms with van der Waals surface area (Å²) in [6.45, 7) is 3.86. The number of nitro benzene ring substituents is 1. The molecule has 1 aliphatic carbocycles. The summed E-state index contributed by atoms with van der Waals surface area (Å²) in [7, 11) is 0. The summed E-state index contributed by atoms with van der Waals surface area (Å²) in [5, 5.41) is 10.8. The highest BCUT2D eigenvalue weighted by molar-refractivity contribution is 5.46. The fourth-order valence-electron chi connectivity index (χ4n) is 2.00. The van der Waals surface area contributed by atoms with Gasteiger partial charge >= 0.3 is 5.69 Å². The Kier molecular flexibility index (Phi) is 2.98. The third-order valence-electron chi connectivity index (χ3n) is 3.64. The van der Waals surface area contributed by atoms with E-state index in [1.807, 2.05) is 13.8 Å². The minimum atomic E-state index is -0.583. The van der Waals surface area contributed by atoms with Gasteiger partial charge in [-0.1, -0.05) is 13.8 Å². The predicted octanol–water partition coefficient (Wildman–Crippen LogP) is 2.24. The number of halogens is 1. The van der Waals surface area contributed by atoms with Crippen LogP contribution in [-0.2, 0) is 0 Å². The van der Waals surface area contributed by atoms with Gasteiger partial charge < -0.3 is 10.5 Å². The highest BCUT2D eigenvalue weighted by Crippen LogP contribution is 2.43. The molecule has 0 spiro atoms. The third-order valence-corrected chi connectivity index (χ3v) is 3.64. The zero-order valence-corrected chi connectivity index (χ0v) is 10.2. The van der Waals surface area contributed by atoms with Crippen LogP contribution in [-0.4, -0.2) is 17.1 Å². The molecule has 1 aromatic rings. The molecule has 1 saturated carbocycles. The van der Waals surface area contributed by atoms with E-state index in [0.29, 0.717) is 6.42 Å². The van der Waals surface area contributed by atoms with Gasteiger partial charge in [-0.05, 0) is 6.07 Å². The molecule has 0 aliphatic heterocycles. The topological polar surface area (TPSA) is 78.4 Å². The first-order valence-corrected chi connectivity index (χ1v) is 5.68. The van der Waals surface area contributed by atoms with Crippen molar-refractivity contribution in [2.24, 2.45) is 11.1 Å². The summed E-state index contributed by atoms with van der Waals surface area (Å²) in [5.74, 6) is -0.595. The summed E-state index contributed by atoms with van der Waals surface area (Å²) in [5.41, 5.74) is 5.35. The second kappa shape index (κ2) is 4.20. The van der Waals surface area contributed by atoms with Crippen molar-refractivity contribution >= 4 is 5.69 Å². The van der Waals surface area contributed by atoms with Crippen LogP contribution in [0.3, 0.4) is 0 Å². The Balaban J connectivity index is 2.24. The lowest BCUT2D eigenvalue weighted by atomic mass is 9.65. The highest BCUT2D eigenvalue weighted by atomic mass is 19.1. The molecule has 2 unspecified atom stereocenters. The SMILES string of the molecule is CC1(C)C(N)CC1Oc1cc(F)ccc1[N+](=O)[O-]. The number of hydrogen-bond donors (Lipinski definition) is 1. The fraction of sp³-hybridized carbons (Fsp3) is 0.500. The van der Waals surface area contributed by atoms with Crippen molar-refractivity contribution in [1.29, 1.82) is 0 Å². The maximum absolute atomic E-state index is 13.1. The molecule has 98 valence electrons. The lowest BCUT2D eigenvalue weighted by Gasteiger charge is -2.49. The van der Waals surface area contributed by atoms with E-state index in [0.717, 1.165) is 18.2 Å². The van der Waals surface area contributed by atoms with Gasteiger partial charge in [-0.15, -0.1) is 0 Å². The molecule has 2 N–H and O–H groups in total. The number of nitrogens with two attached hydrogens (primary N) is 1. The Bertz CT molecular complexity index is 490. The van der Waals surface area contributed by atoms with Gasteiger partial charge in [-0.2, -0.15) is 0 Å². The van der Waals surface area contributed by atoms with Crippen LogP contribution in [0.4, 0.5) is 10.1 Å². The molecule has 0 aromatic heterocycles. The molecule has 0 radical (unpaired) electrons. The van der Waals surface area contributed by atoms with E-state index in [-0.39, 0.29) is 29.0 Å². The standard InChI is InChI=1S/C12H15FN2O3/c1-12(2)10(14)6-11(12)18-9-5-7(13)3-4-8(9)15(16)17/h3-5,10-11H,6,14H2,1-2H3. The minimum Gasteiger partial charge on any atom is -0.483 e. The van der Waals surface area contributed by atoms with E-state index in [4.69, 9.17) is 10.5 Å². The van der Waals surface area contributed by atoms with Crippen LogP contribution in [0.2, 0.25) is 0 Å². The quantitative estimate of drug-likeness (QED) is 0.662. The molecular formula is C12H15FN2O3. The number of ether oxygens (including phenoxy) is 1. The molecule has 5 nitrogen and oxygen atoms in total. The lowest BCUT2D eigenvalue weighted by Crippen LogP contribution is -2.60. The van der Waals surface area contributed by atoms with Crippen LogP contribution >= 0.6 is 0 Å². The number of nitrogens with zero attached hydrogens (tertiary/aromatic N) is 1. The van der Waals surface area contributed by atoms with Gasteiger partial charge in [0.05, 0.1) is 4.92 Å². The second-order valence-corrected chi connectivity index (χ2v) is 5.14. The fourth-order valence-corrected chi connectivity index (χ4v) is 2.00. The maximum Gasteiger partial charge on any atom is 0.311 e. The molecule has 0 amide bonds. The Labute approximate surface area is 104 Å². The van der Waals surface area contributed by atoms with Crippen LogP contribution in [0, 0.1) is 21.3 Å². The normalized spacial score (nSPS) is 25.3. The zero-order chi connectivity index (χ0) is 13.5. The summed E-state index contributed by atoms with van der Waals surface area (Å²) < 4.78 is 18.7. The molecule has 0 heterocycles. The molecule has 1 aromatic carbocycles. The van der Waals surface area contributed by atoms with Crippen LogP contribution in [0.1, 0.15) is 20.3 Å². The first-order valence-electron chi connectivity index (χ1n) is 5.68. The van der Waals surface area contributed by atoms with Crippen LogP contribution in [0.15, 0.2) is 18.2 Å². The van der Waals surface area contributed by atoms with Gasteiger partial charge in [-0.25, -0.2) is 4.39 Å². The van der Waals surface area contributed by atoms with E-state index >= 15 is 0 Å². The van der Waals surface area contributed by atoms with Crippen molar-refractivity contribution in [2.75, 3.05) is 0 Å². The summed E-state index contributed by atoms with van der Waals surface area (Å²) in [6, 6.07) is 3.19. The van der Waals surface area contributed by atoms with Gasteiger partial charge in [-0.3, -0.25) is 10.1 Å². The summed E-state index contributed by atoms with van der Waals surface area (Å²) >= 11 is 0. The van der Waals surface area contributed by atoms with Crippen molar-refractivity contribution in [2.45, 2.75) is 32.4 Å². The predicted molar refractivity (Wildman–Crippen MR) is 63.8 cm³/mol. The molecule has 1 fully saturated rings. The van der Waals surface area contributed by atoms with Crippen LogP contribution in [0.5, 0.6) is 5.75 Å². The average Bonchev–Trinajstić information content (AvgIpc) is 2.28. The minimum absolute atomic E-state index is 0.00452. The van der Waals surface area contributed by atoms with Crippen molar-refractivity contribution in [3.63, 3.8) is 0 Å². The van der Waals surface area contributed by atoms with Crippen molar-refractivity contribution in [1.82, 2.24) is 0 Å². The first-order chi connectivity index (χ1) is 8.32. The average molecular weight is 254 g/mol. The van der Waals surface area contributed by atoms with Crippen molar-refractivity contribution in [3.05, 3.63) is 34.1 Å². The largest absolute Gasteiger partial charge is 0.483 e. The van der Waals surface area contributed by atoms with Crippen molar-refractivity contribution in [3.8, 4) is 5.75 Å². The zero-order valence-electron chi connectivity index (χ0n) is 10.2. The lowest BCUT2D eigenvalue weighted by molar-refractivity contribution is -0.386. The third kappa shape index (κ3) is 2.03. The van der Waals surface area contributed by atoms with Gasteiger partial charge in [0.25, 0.3) is 0 Å². The monoisotopic (exact) mass is 254 g/mol. The molecule has 18 heavy (non-hydrogen) atoms. The highest BCUT2D eigenvalue weighted by Gasteiger charge is 2.48. The van der Waals surface area contributed by atoms with E-state index in [1.54, 1.807) is 0 Å². The maximum atomic E-state index is 13.1. The number of benzene rings is 1. The number of nitro groups is 1. The van der Waals surface area contributed by atoms with Crippen LogP contribution < -0.4 is 10.5 Å². The molecule has 0 saturated heterocycles. The van der Waals surface area contributed by atoms with E-state index in [9.17, 15) is 14.5 Å². The molecule has 6 heteroatoms. The molecule has 0 bridgehead atoms. The molecular weight excluding hydrogens is 239 g/mol. The van der Waals surface area contributed by atoms with Gasteiger partial charge in [0.2, 0.25) is 0 Å². The Morgan fingerprint density at radius 1 is 1.56 bits per heavy atom. The number of rotatable bonds is 3. The molecule has 2 atom stereocenters. The van der Waals surface area contributed by atoms with E-state index in [2.05, 4.69) is 0 Å². The van der Waals surface area contributed by atoms with Crippen molar-refractivity contribution < 1.29 is 14.1 Å². The Morgan fingerprint density at radius 2 is 2.22 bits per heavy atom. The van der Waals surface area contributed by atoms with E-state index in [1.165, 1.54) is 0 Å².